The highest BCUT2D eigenvalue weighted by Gasteiger charge is 2.41. The summed E-state index contributed by atoms with van der Waals surface area (Å²) >= 11 is 0. The Balaban J connectivity index is 2.21. The lowest BCUT2D eigenvalue weighted by Crippen LogP contribution is -2.62. The van der Waals surface area contributed by atoms with Crippen LogP contribution in [0.3, 0.4) is 0 Å². The van der Waals surface area contributed by atoms with Crippen molar-refractivity contribution in [3.8, 4) is 0 Å². The number of hydrogen-bond donors (Lipinski definition) is 20. The Labute approximate surface area is 632 Å². The van der Waals surface area contributed by atoms with Crippen molar-refractivity contribution >= 4 is 123 Å². The maximum Gasteiger partial charge on any atom is 0.329 e. The maximum absolute atomic E-state index is 14.9. The fourth-order valence-electron chi connectivity index (χ4n) is 11.2. The average molecular weight is 1560 g/mol. The lowest BCUT2D eigenvalue weighted by atomic mass is 9.98. The number of amides is 14. The first-order valence-corrected chi connectivity index (χ1v) is 35.9. The normalized spacial score (nSPS) is 22.1. The summed E-state index contributed by atoms with van der Waals surface area (Å²) in [5, 5.41) is 76.7. The van der Waals surface area contributed by atoms with Crippen molar-refractivity contribution in [3.63, 3.8) is 0 Å². The number of fused-ring (bicyclic) bond motifs is 1. The molecule has 0 saturated carbocycles. The molecule has 1 aliphatic rings. The second-order valence-electron chi connectivity index (χ2n) is 26.8. The van der Waals surface area contributed by atoms with Crippen molar-refractivity contribution in [1.82, 2.24) is 73.7 Å². The number of ether oxygens (including phenoxy) is 1. The van der Waals surface area contributed by atoms with Gasteiger partial charge in [0.1, 0.15) is 72.6 Å². The molecule has 1 aromatic carbocycles. The van der Waals surface area contributed by atoms with Gasteiger partial charge in [0.25, 0.3) is 0 Å². The number of carbonyl (C=O) groups excluding carboxylic acids is 15. The van der Waals surface area contributed by atoms with Gasteiger partial charge in [0, 0.05) is 43.4 Å². The Kier molecular flexibility index (Phi) is 39.4. The van der Waals surface area contributed by atoms with Crippen LogP contribution in [0.25, 0.3) is 10.9 Å². The number of cyclic esters (lactones) is 1. The molecule has 610 valence electrons. The third-order valence-electron chi connectivity index (χ3n) is 17.9. The van der Waals surface area contributed by atoms with E-state index in [1.165, 1.54) is 13.8 Å². The van der Waals surface area contributed by atoms with Gasteiger partial charge in [-0.25, -0.2) is 4.79 Å². The molecule has 41 nitrogen and oxygen atoms in total. The zero-order chi connectivity index (χ0) is 82.6. The number of aliphatic carboxylic acids is 4. The zero-order valence-electron chi connectivity index (χ0n) is 62.3. The van der Waals surface area contributed by atoms with Crippen molar-refractivity contribution in [2.45, 2.75) is 223 Å². The van der Waals surface area contributed by atoms with Crippen LogP contribution in [-0.2, 0) is 102 Å². The van der Waals surface area contributed by atoms with Crippen LogP contribution in [0.1, 0.15) is 150 Å². The largest absolute Gasteiger partial charge is 0.481 e. The number of nitrogens with zero attached hydrogens (tertiary/aromatic N) is 1. The van der Waals surface area contributed by atoms with Gasteiger partial charge in [0.05, 0.1) is 45.4 Å². The standard InChI is InChI=1S/C69H104N16O25/c1-8-34(3)17-12-10-11-13-21-50(88)76-43(25-38-30-72-40-19-15-14-18-39(38)40)64(104)80-44(26-49(71)87)65(105)82-47(29-56(97)98)66(106)84-58-37(6)110-69(109)57(35(4)9-2)83-62(102)42(22-23-53(91)92)78-67(107)48(33-86)77-51(89)31-73-60(100)45(27-54(93)94)79-59(99)36(5)74-63(103)46(28-55(95)96)81-61(101)41(20-16-24-70)75-52(90)32-85(7)68(58)108/h14-15,18-19,30,34-37,41-48,57-58,72,86H,8-13,16-17,20-29,31-33,70H2,1-7H3,(H2,71,87)(H,73,100)(H,74,103)(H,75,90)(H,76,88)(H,77,89)(H,78,107)(H,79,99)(H,80,104)(H,81,101)(H,82,105)(H,83,102)(H,84,106)(H,91,92)(H,93,94)(H,95,96)(H,97,98). The van der Waals surface area contributed by atoms with E-state index in [1.807, 2.05) is 16.0 Å². The minimum atomic E-state index is -2.30. The molecule has 22 N–H and O–H groups in total. The number of hydrogen-bond acceptors (Lipinski definition) is 22. The first kappa shape index (κ1) is 92.8. The number of carboxylic acid groups (broad SMARTS) is 4. The number of benzene rings is 1. The molecule has 1 fully saturated rings. The van der Waals surface area contributed by atoms with E-state index in [2.05, 4.69) is 66.7 Å². The highest BCUT2D eigenvalue weighted by atomic mass is 16.5. The summed E-state index contributed by atoms with van der Waals surface area (Å²) in [6.45, 7) is 5.55. The van der Waals surface area contributed by atoms with Crippen molar-refractivity contribution in [1.29, 1.82) is 0 Å². The second-order valence-corrected chi connectivity index (χ2v) is 26.8. The van der Waals surface area contributed by atoms with E-state index in [-0.39, 0.29) is 38.6 Å². The van der Waals surface area contributed by atoms with Crippen LogP contribution in [0.15, 0.2) is 30.5 Å². The van der Waals surface area contributed by atoms with Gasteiger partial charge in [0.2, 0.25) is 82.7 Å². The lowest BCUT2D eigenvalue weighted by molar-refractivity contribution is -0.159. The van der Waals surface area contributed by atoms with Gasteiger partial charge >= 0.3 is 29.8 Å². The van der Waals surface area contributed by atoms with Gasteiger partial charge in [-0.15, -0.1) is 0 Å². The molecule has 14 atom stereocenters. The highest BCUT2D eigenvalue weighted by Crippen LogP contribution is 2.21. The Morgan fingerprint density at radius 1 is 0.600 bits per heavy atom. The van der Waals surface area contributed by atoms with E-state index in [0.717, 1.165) is 46.6 Å². The van der Waals surface area contributed by atoms with Crippen LogP contribution in [0, 0.1) is 11.8 Å². The second kappa shape index (κ2) is 46.7. The number of para-hydroxylation sites is 1. The Hall–Kier alpha value is -11.4. The summed E-state index contributed by atoms with van der Waals surface area (Å²) in [6, 6.07) is -14.4. The number of aromatic nitrogens is 1. The predicted octanol–water partition coefficient (Wildman–Crippen LogP) is -5.09. The number of esters is 1. The number of rotatable bonds is 34. The molecule has 0 bridgehead atoms. The SMILES string of the molecule is CCC(C)CCCCCCC(=O)NC(Cc1c[nH]c2ccccc12)C(=O)NC(CC(N)=O)C(=O)NC(CC(=O)O)C(=O)NC1C(=O)N(C)CC(=O)NC(CCCN)C(=O)NC(CC(=O)O)C(=O)NC(C)C(=O)NC(CC(=O)O)C(=O)NCC(=O)NC(CO)C(=O)NC(CCC(=O)O)C(=O)NC(C(C)CC)C(=O)OC1C. The monoisotopic (exact) mass is 1560 g/mol. The van der Waals surface area contributed by atoms with Gasteiger partial charge in [0.15, 0.2) is 0 Å². The molecule has 3 rings (SSSR count). The van der Waals surface area contributed by atoms with Crippen LogP contribution in [0.5, 0.6) is 0 Å². The number of primary amides is 1. The number of carboxylic acids is 4. The fraction of sp³-hybridized carbons (Fsp3) is 0.609. The van der Waals surface area contributed by atoms with Crippen LogP contribution in [0.2, 0.25) is 0 Å². The van der Waals surface area contributed by atoms with E-state index in [4.69, 9.17) is 16.2 Å². The number of likely N-dealkylation sites (N-methyl/N-ethyl adjacent to an activating group) is 1. The van der Waals surface area contributed by atoms with Crippen molar-refractivity contribution in [3.05, 3.63) is 36.0 Å². The van der Waals surface area contributed by atoms with Crippen LogP contribution < -0.4 is 75.3 Å². The van der Waals surface area contributed by atoms with Crippen LogP contribution >= 0.6 is 0 Å². The first-order valence-electron chi connectivity index (χ1n) is 35.9. The van der Waals surface area contributed by atoms with E-state index >= 15 is 0 Å². The number of nitrogens with one attached hydrogen (secondary N) is 13. The van der Waals surface area contributed by atoms with Gasteiger partial charge in [-0.1, -0.05) is 84.4 Å². The topological polar surface area (TPSA) is 650 Å². The Morgan fingerprint density at radius 3 is 1.76 bits per heavy atom. The van der Waals surface area contributed by atoms with Gasteiger partial charge in [-0.2, -0.15) is 0 Å². The van der Waals surface area contributed by atoms with Crippen LogP contribution in [0.4, 0.5) is 0 Å². The van der Waals surface area contributed by atoms with Crippen LogP contribution in [-0.4, -0.2) is 254 Å². The predicted molar refractivity (Wildman–Crippen MR) is 385 cm³/mol. The number of aliphatic hydroxyl groups is 1. The maximum atomic E-state index is 14.9. The molecule has 0 spiro atoms. The van der Waals surface area contributed by atoms with Gasteiger partial charge in [-0.05, 0) is 69.5 Å². The van der Waals surface area contributed by atoms with E-state index in [0.29, 0.717) is 40.1 Å². The Bertz CT molecular complexity index is 3630. The van der Waals surface area contributed by atoms with Crippen molar-refractivity contribution in [2.75, 3.05) is 33.3 Å². The number of aromatic amines is 1. The summed E-state index contributed by atoms with van der Waals surface area (Å²) in [4.78, 5) is 261. The number of aliphatic hydroxyl groups excluding tert-OH is 1. The summed E-state index contributed by atoms with van der Waals surface area (Å²) in [7, 11) is 0.939. The van der Waals surface area contributed by atoms with Gasteiger partial charge < -0.3 is 115 Å². The number of nitrogens with two attached hydrogens (primary N) is 2. The minimum Gasteiger partial charge on any atom is -0.481 e. The molecule has 1 aromatic heterocycles. The van der Waals surface area contributed by atoms with Gasteiger partial charge in [-0.3, -0.25) is 86.3 Å². The van der Waals surface area contributed by atoms with E-state index in [9.17, 15) is 117 Å². The summed E-state index contributed by atoms with van der Waals surface area (Å²) in [5.41, 5.74) is 12.5. The fourth-order valence-corrected chi connectivity index (χ4v) is 11.2. The molecule has 110 heavy (non-hydrogen) atoms. The molecule has 0 radical (unpaired) electrons. The van der Waals surface area contributed by atoms with Crippen molar-refractivity contribution in [2.24, 2.45) is 23.3 Å². The summed E-state index contributed by atoms with van der Waals surface area (Å²) in [6.07, 6.45) is -2.30. The van der Waals surface area contributed by atoms with E-state index < -0.39 is 249 Å². The molecular formula is C69H104N16O25. The van der Waals surface area contributed by atoms with E-state index in [1.54, 1.807) is 30.5 Å². The summed E-state index contributed by atoms with van der Waals surface area (Å²) in [5.74, 6) is -26.2. The number of carbonyl (C=O) groups is 19. The number of unbranched alkanes of at least 4 members (excludes halogenated alkanes) is 3. The molecule has 14 amide bonds. The minimum absolute atomic E-state index is 0.000110. The molecular weight excluding hydrogens is 1450 g/mol. The quantitative estimate of drug-likeness (QED) is 0.0230. The summed E-state index contributed by atoms with van der Waals surface area (Å²) < 4.78 is 5.76. The first-order chi connectivity index (χ1) is 51.8. The third kappa shape index (κ3) is 32.2. The number of H-pyrrole nitrogens is 1. The molecule has 2 aromatic rings. The highest BCUT2D eigenvalue weighted by molar-refractivity contribution is 6.02. The molecule has 1 saturated heterocycles. The molecule has 2 heterocycles. The van der Waals surface area contributed by atoms with Crippen molar-refractivity contribution < 1.29 is 121 Å². The zero-order valence-corrected chi connectivity index (χ0v) is 62.3. The molecule has 1 aliphatic heterocycles. The Morgan fingerprint density at radius 2 is 1.16 bits per heavy atom. The average Bonchev–Trinajstić information content (AvgIpc) is 1.67. The third-order valence-corrected chi connectivity index (χ3v) is 17.9. The molecule has 41 heteroatoms. The molecule has 14 unspecified atom stereocenters. The lowest BCUT2D eigenvalue weighted by Gasteiger charge is -2.32. The smallest absolute Gasteiger partial charge is 0.329 e. The molecule has 0 aliphatic carbocycles.